The Morgan fingerprint density at radius 3 is 2.74 bits per heavy atom. The molecule has 1 atom stereocenters. The van der Waals surface area contributed by atoms with E-state index in [1.807, 2.05) is 31.4 Å². The average Bonchev–Trinajstić information content (AvgIpc) is 2.78. The number of nitro groups is 1. The maximum atomic E-state index is 11.1. The smallest absolute Gasteiger partial charge is 0.292 e. The Hall–Kier alpha value is -1.40. The van der Waals surface area contributed by atoms with Crippen LogP contribution in [0.5, 0.6) is 0 Å². The third-order valence-electron chi connectivity index (χ3n) is 2.74. The van der Waals surface area contributed by atoms with Crippen molar-refractivity contribution >= 4 is 38.6 Å². The molecule has 0 saturated heterocycles. The summed E-state index contributed by atoms with van der Waals surface area (Å²) >= 11 is 5.02. The Morgan fingerprint density at radius 2 is 2.16 bits per heavy atom. The highest BCUT2D eigenvalue weighted by Crippen LogP contribution is 2.32. The Labute approximate surface area is 123 Å². The number of aryl methyl sites for hydroxylation is 1. The number of nitrogens with zero attached hydrogens (tertiary/aromatic N) is 1. The molecule has 0 amide bonds. The minimum atomic E-state index is -0.355. The van der Waals surface area contributed by atoms with Crippen LogP contribution in [-0.4, -0.2) is 4.92 Å². The molecule has 0 saturated carbocycles. The van der Waals surface area contributed by atoms with Crippen LogP contribution in [-0.2, 0) is 0 Å². The van der Waals surface area contributed by atoms with Gasteiger partial charge in [0.1, 0.15) is 5.69 Å². The van der Waals surface area contributed by atoms with Crippen molar-refractivity contribution in [1.29, 1.82) is 0 Å². The summed E-state index contributed by atoms with van der Waals surface area (Å²) in [5.41, 5.74) is 1.54. The summed E-state index contributed by atoms with van der Waals surface area (Å²) in [7, 11) is 0. The molecule has 2 aromatic rings. The number of anilines is 1. The third-order valence-corrected chi connectivity index (χ3v) is 4.61. The Bertz CT molecular complexity index is 612. The van der Waals surface area contributed by atoms with Crippen molar-refractivity contribution in [1.82, 2.24) is 0 Å². The highest BCUT2D eigenvalue weighted by Gasteiger charge is 2.16. The lowest BCUT2D eigenvalue weighted by Crippen LogP contribution is -2.07. The molecule has 0 spiro atoms. The fourth-order valence-corrected chi connectivity index (χ4v) is 3.23. The molecule has 2 rings (SSSR count). The van der Waals surface area contributed by atoms with E-state index in [1.54, 1.807) is 23.5 Å². The number of hydrogen-bond donors (Lipinski definition) is 1. The summed E-state index contributed by atoms with van der Waals surface area (Å²) in [4.78, 5) is 11.8. The predicted molar refractivity (Wildman–Crippen MR) is 81.9 cm³/mol. The molecule has 0 bridgehead atoms. The molecule has 1 aromatic carbocycles. The first kappa shape index (κ1) is 14.0. The van der Waals surface area contributed by atoms with E-state index in [0.717, 1.165) is 14.9 Å². The molecule has 1 N–H and O–H groups in total. The summed E-state index contributed by atoms with van der Waals surface area (Å²) in [6.07, 6.45) is 0. The van der Waals surface area contributed by atoms with Crippen molar-refractivity contribution < 1.29 is 4.92 Å². The standard InChI is InChI=1S/C13H13BrN2O2S/c1-8-3-4-11(12(5-8)16(17)18)15-9(2)13-6-10(14)7-19-13/h3-7,9,15H,1-2H3. The molecule has 0 aliphatic carbocycles. The van der Waals surface area contributed by atoms with Crippen molar-refractivity contribution in [2.24, 2.45) is 0 Å². The monoisotopic (exact) mass is 340 g/mol. The zero-order valence-corrected chi connectivity index (χ0v) is 12.9. The second-order valence-electron chi connectivity index (χ2n) is 4.31. The topological polar surface area (TPSA) is 55.2 Å². The van der Waals surface area contributed by atoms with Crippen molar-refractivity contribution in [3.05, 3.63) is 54.7 Å². The molecule has 0 fully saturated rings. The lowest BCUT2D eigenvalue weighted by Gasteiger charge is -2.14. The van der Waals surface area contributed by atoms with Crippen molar-refractivity contribution in [2.75, 3.05) is 5.32 Å². The van der Waals surface area contributed by atoms with Gasteiger partial charge in [-0.15, -0.1) is 11.3 Å². The van der Waals surface area contributed by atoms with Crippen LogP contribution in [0.4, 0.5) is 11.4 Å². The Kier molecular flexibility index (Phi) is 4.21. The zero-order valence-electron chi connectivity index (χ0n) is 10.5. The number of nitrogens with one attached hydrogen (secondary N) is 1. The van der Waals surface area contributed by atoms with Crippen LogP contribution < -0.4 is 5.32 Å². The molecule has 1 unspecified atom stereocenters. The number of nitro benzene ring substituents is 1. The summed E-state index contributed by atoms with van der Waals surface area (Å²) < 4.78 is 1.03. The number of thiophene rings is 1. The summed E-state index contributed by atoms with van der Waals surface area (Å²) in [5, 5.41) is 16.3. The molecule has 4 nitrogen and oxygen atoms in total. The van der Waals surface area contributed by atoms with Gasteiger partial charge in [0, 0.05) is 20.8 Å². The van der Waals surface area contributed by atoms with E-state index in [2.05, 4.69) is 21.2 Å². The van der Waals surface area contributed by atoms with E-state index in [-0.39, 0.29) is 16.7 Å². The molecule has 0 aliphatic rings. The maximum Gasteiger partial charge on any atom is 0.292 e. The summed E-state index contributed by atoms with van der Waals surface area (Å²) in [6, 6.07) is 7.25. The van der Waals surface area contributed by atoms with Crippen LogP contribution >= 0.6 is 27.3 Å². The molecule has 6 heteroatoms. The van der Waals surface area contributed by atoms with Gasteiger partial charge in [-0.25, -0.2) is 0 Å². The largest absolute Gasteiger partial charge is 0.372 e. The highest BCUT2D eigenvalue weighted by molar-refractivity contribution is 9.10. The summed E-state index contributed by atoms with van der Waals surface area (Å²) in [6.45, 7) is 3.83. The van der Waals surface area contributed by atoms with Crippen LogP contribution in [0.1, 0.15) is 23.4 Å². The number of rotatable bonds is 4. The molecule has 19 heavy (non-hydrogen) atoms. The van der Waals surface area contributed by atoms with Gasteiger partial charge in [-0.3, -0.25) is 10.1 Å². The van der Waals surface area contributed by atoms with Crippen LogP contribution in [0, 0.1) is 17.0 Å². The second-order valence-corrected chi connectivity index (χ2v) is 6.17. The summed E-state index contributed by atoms with van der Waals surface area (Å²) in [5.74, 6) is 0. The third kappa shape index (κ3) is 3.33. The molecule has 1 aromatic heterocycles. The Balaban J connectivity index is 2.26. The van der Waals surface area contributed by atoms with Crippen LogP contribution in [0.3, 0.4) is 0 Å². The van der Waals surface area contributed by atoms with E-state index >= 15 is 0 Å². The van der Waals surface area contributed by atoms with E-state index in [1.165, 1.54) is 0 Å². The van der Waals surface area contributed by atoms with E-state index in [4.69, 9.17) is 0 Å². The maximum absolute atomic E-state index is 11.1. The lowest BCUT2D eigenvalue weighted by atomic mass is 10.1. The normalized spacial score (nSPS) is 12.2. The lowest BCUT2D eigenvalue weighted by molar-refractivity contribution is -0.384. The second kappa shape index (κ2) is 5.71. The first-order valence-electron chi connectivity index (χ1n) is 5.73. The van der Waals surface area contributed by atoms with Gasteiger partial charge in [0.2, 0.25) is 0 Å². The SMILES string of the molecule is Cc1ccc(NC(C)c2cc(Br)cs2)c([N+](=O)[O-])c1. The van der Waals surface area contributed by atoms with Crippen molar-refractivity contribution in [2.45, 2.75) is 19.9 Å². The fraction of sp³-hybridized carbons (Fsp3) is 0.231. The Morgan fingerprint density at radius 1 is 1.42 bits per heavy atom. The van der Waals surface area contributed by atoms with Gasteiger partial charge < -0.3 is 5.32 Å². The quantitative estimate of drug-likeness (QED) is 0.636. The minimum absolute atomic E-state index is 0.0257. The number of halogens is 1. The number of benzene rings is 1. The van der Waals surface area contributed by atoms with Gasteiger partial charge >= 0.3 is 0 Å². The fourth-order valence-electron chi connectivity index (χ4n) is 1.77. The van der Waals surface area contributed by atoms with Crippen molar-refractivity contribution in [3.8, 4) is 0 Å². The van der Waals surface area contributed by atoms with E-state index in [0.29, 0.717) is 5.69 Å². The van der Waals surface area contributed by atoms with E-state index < -0.39 is 0 Å². The molecular weight excluding hydrogens is 328 g/mol. The van der Waals surface area contributed by atoms with Gasteiger partial charge in [0.25, 0.3) is 5.69 Å². The van der Waals surface area contributed by atoms with E-state index in [9.17, 15) is 10.1 Å². The van der Waals surface area contributed by atoms with Crippen LogP contribution in [0.2, 0.25) is 0 Å². The van der Waals surface area contributed by atoms with Crippen molar-refractivity contribution in [3.63, 3.8) is 0 Å². The van der Waals surface area contributed by atoms with Gasteiger partial charge in [-0.1, -0.05) is 6.07 Å². The minimum Gasteiger partial charge on any atom is -0.372 e. The van der Waals surface area contributed by atoms with Gasteiger partial charge in [0.05, 0.1) is 11.0 Å². The zero-order chi connectivity index (χ0) is 14.0. The van der Waals surface area contributed by atoms with Crippen LogP contribution in [0.25, 0.3) is 0 Å². The van der Waals surface area contributed by atoms with Gasteiger partial charge in [-0.2, -0.15) is 0 Å². The first-order valence-corrected chi connectivity index (χ1v) is 7.40. The molecule has 0 aliphatic heterocycles. The molecule has 100 valence electrons. The average molecular weight is 341 g/mol. The highest BCUT2D eigenvalue weighted by atomic mass is 79.9. The number of hydrogen-bond acceptors (Lipinski definition) is 4. The van der Waals surface area contributed by atoms with Crippen LogP contribution in [0.15, 0.2) is 34.1 Å². The van der Waals surface area contributed by atoms with Gasteiger partial charge in [0.15, 0.2) is 0 Å². The molecule has 1 heterocycles. The first-order chi connectivity index (χ1) is 8.97. The van der Waals surface area contributed by atoms with Gasteiger partial charge in [-0.05, 0) is 47.5 Å². The molecule has 0 radical (unpaired) electrons. The predicted octanol–water partition coefficient (Wildman–Crippen LogP) is 4.90. The molecular formula is C13H13BrN2O2S.